The maximum Gasteiger partial charge on any atom is 0.138 e. The number of anilines is 2. The molecule has 5 nitrogen and oxygen atoms in total. The van der Waals surface area contributed by atoms with E-state index in [9.17, 15) is 0 Å². The monoisotopic (exact) mass is 388 g/mol. The largest absolute Gasteiger partial charge is 0.492 e. The number of aromatic amines is 1. The van der Waals surface area contributed by atoms with Crippen molar-refractivity contribution in [1.29, 1.82) is 0 Å². The first-order valence-corrected chi connectivity index (χ1v) is 8.46. The van der Waals surface area contributed by atoms with Crippen molar-refractivity contribution < 1.29 is 4.74 Å². The Bertz CT molecular complexity index is 1080. The second-order valence-corrected chi connectivity index (χ2v) is 6.21. The first-order valence-electron chi connectivity index (χ1n) is 8.08. The van der Waals surface area contributed by atoms with Crippen LogP contribution in [0.2, 0.25) is 5.02 Å². The number of ether oxygens (including phenoxy) is 1. The van der Waals surface area contributed by atoms with Crippen molar-refractivity contribution in [3.8, 4) is 5.75 Å². The van der Waals surface area contributed by atoms with Crippen LogP contribution in [0.5, 0.6) is 5.75 Å². The molecule has 134 valence electrons. The SMILES string of the molecule is CCOc1ccc(Nc2cc(C)[nH]c3ccc4ncnc4c23)cc1Cl.Cl. The predicted octanol–water partition coefficient (Wildman–Crippen LogP) is 5.64. The van der Waals surface area contributed by atoms with Crippen LogP contribution in [0.1, 0.15) is 12.6 Å². The van der Waals surface area contributed by atoms with Crippen LogP contribution in [-0.4, -0.2) is 21.6 Å². The van der Waals surface area contributed by atoms with Crippen molar-refractivity contribution in [2.45, 2.75) is 13.8 Å². The summed E-state index contributed by atoms with van der Waals surface area (Å²) in [6.45, 7) is 4.54. The van der Waals surface area contributed by atoms with Crippen LogP contribution < -0.4 is 10.1 Å². The number of hydrogen-bond donors (Lipinski definition) is 2. The van der Waals surface area contributed by atoms with Gasteiger partial charge in [-0.15, -0.1) is 12.4 Å². The van der Waals surface area contributed by atoms with E-state index in [2.05, 4.69) is 26.3 Å². The summed E-state index contributed by atoms with van der Waals surface area (Å²) in [6.07, 6.45) is 1.58. The Morgan fingerprint density at radius 3 is 2.77 bits per heavy atom. The summed E-state index contributed by atoms with van der Waals surface area (Å²) in [6, 6.07) is 11.7. The number of imidazole rings is 1. The zero-order valence-corrected chi connectivity index (χ0v) is 15.9. The van der Waals surface area contributed by atoms with Crippen LogP contribution in [0.15, 0.2) is 42.7 Å². The first kappa shape index (κ1) is 18.3. The Hall–Kier alpha value is -2.50. The number of aryl methyl sites for hydroxylation is 1. The molecule has 0 bridgehead atoms. The molecule has 7 heteroatoms. The van der Waals surface area contributed by atoms with Gasteiger partial charge in [0.2, 0.25) is 0 Å². The summed E-state index contributed by atoms with van der Waals surface area (Å²) in [5, 5.41) is 5.03. The van der Waals surface area contributed by atoms with Crippen molar-refractivity contribution in [2.75, 3.05) is 11.9 Å². The highest BCUT2D eigenvalue weighted by atomic mass is 35.5. The highest BCUT2D eigenvalue weighted by molar-refractivity contribution is 6.32. The molecule has 0 unspecified atom stereocenters. The Kier molecular flexibility index (Phi) is 5.20. The second kappa shape index (κ2) is 7.40. The van der Waals surface area contributed by atoms with Gasteiger partial charge in [0, 0.05) is 22.3 Å². The van der Waals surface area contributed by atoms with E-state index in [0.717, 1.165) is 39.0 Å². The van der Waals surface area contributed by atoms with Gasteiger partial charge in [-0.3, -0.25) is 0 Å². The fourth-order valence-electron chi connectivity index (χ4n) is 2.98. The minimum absolute atomic E-state index is 0. The molecule has 26 heavy (non-hydrogen) atoms. The molecule has 2 heterocycles. The number of hydrogen-bond acceptors (Lipinski definition) is 4. The third-order valence-corrected chi connectivity index (χ3v) is 4.31. The van der Waals surface area contributed by atoms with Gasteiger partial charge < -0.3 is 15.0 Å². The van der Waals surface area contributed by atoms with E-state index >= 15 is 0 Å². The molecule has 0 aliphatic heterocycles. The predicted molar refractivity (Wildman–Crippen MR) is 109 cm³/mol. The molecule has 2 aromatic heterocycles. The fraction of sp³-hybridized carbons (Fsp3) is 0.158. The van der Waals surface area contributed by atoms with Gasteiger partial charge in [0.15, 0.2) is 0 Å². The van der Waals surface area contributed by atoms with Crippen LogP contribution in [0, 0.1) is 6.92 Å². The van der Waals surface area contributed by atoms with Crippen LogP contribution in [0.25, 0.3) is 21.9 Å². The number of fused-ring (bicyclic) bond motifs is 3. The van der Waals surface area contributed by atoms with Gasteiger partial charge in [-0.2, -0.15) is 0 Å². The lowest BCUT2D eigenvalue weighted by Gasteiger charge is -2.13. The van der Waals surface area contributed by atoms with E-state index in [1.807, 2.05) is 44.2 Å². The lowest BCUT2D eigenvalue weighted by molar-refractivity contribution is 0.340. The molecule has 4 aromatic rings. The zero-order valence-electron chi connectivity index (χ0n) is 14.3. The molecule has 2 N–H and O–H groups in total. The van der Waals surface area contributed by atoms with Crippen LogP contribution in [0.3, 0.4) is 0 Å². The van der Waals surface area contributed by atoms with Crippen molar-refractivity contribution in [3.05, 3.63) is 53.4 Å². The normalized spacial score (nSPS) is 10.7. The van der Waals surface area contributed by atoms with Crippen LogP contribution >= 0.6 is 24.0 Å². The topological polar surface area (TPSA) is 62.8 Å². The minimum Gasteiger partial charge on any atom is -0.492 e. The van der Waals surface area contributed by atoms with E-state index < -0.39 is 0 Å². The Morgan fingerprint density at radius 2 is 2.00 bits per heavy atom. The van der Waals surface area contributed by atoms with Crippen molar-refractivity contribution >= 4 is 57.3 Å². The summed E-state index contributed by atoms with van der Waals surface area (Å²) in [5.41, 5.74) is 5.64. The third-order valence-electron chi connectivity index (χ3n) is 4.01. The number of halogens is 2. The average molecular weight is 389 g/mol. The molecule has 0 aliphatic carbocycles. The van der Waals surface area contributed by atoms with Crippen LogP contribution in [0.4, 0.5) is 11.4 Å². The molecule has 4 rings (SSSR count). The smallest absolute Gasteiger partial charge is 0.138 e. The van der Waals surface area contributed by atoms with E-state index in [-0.39, 0.29) is 12.4 Å². The Morgan fingerprint density at radius 1 is 1.15 bits per heavy atom. The second-order valence-electron chi connectivity index (χ2n) is 5.80. The first-order chi connectivity index (χ1) is 12.2. The summed E-state index contributed by atoms with van der Waals surface area (Å²) in [4.78, 5) is 12.1. The Labute approximate surface area is 162 Å². The van der Waals surface area contributed by atoms with Gasteiger partial charge in [-0.1, -0.05) is 11.6 Å². The quantitative estimate of drug-likeness (QED) is 0.474. The fourth-order valence-corrected chi connectivity index (χ4v) is 3.22. The van der Waals surface area contributed by atoms with Crippen molar-refractivity contribution in [3.63, 3.8) is 0 Å². The summed E-state index contributed by atoms with van der Waals surface area (Å²) in [7, 11) is 0. The third kappa shape index (κ3) is 3.28. The number of rotatable bonds is 4. The lowest BCUT2D eigenvalue weighted by atomic mass is 10.1. The number of pyridine rings is 1. The molecular formula is C19H18Cl2N4O. The van der Waals surface area contributed by atoms with Gasteiger partial charge in [0.1, 0.15) is 17.6 Å². The molecule has 0 saturated heterocycles. The number of nitrogens with zero attached hydrogens (tertiary/aromatic N) is 2. The summed E-state index contributed by atoms with van der Waals surface area (Å²) >= 11 is 6.31. The average Bonchev–Trinajstić information content (AvgIpc) is 3.05. The number of aromatic nitrogens is 3. The minimum atomic E-state index is 0. The highest BCUT2D eigenvalue weighted by Crippen LogP contribution is 2.34. The van der Waals surface area contributed by atoms with Gasteiger partial charge in [0.25, 0.3) is 0 Å². The lowest BCUT2D eigenvalue weighted by Crippen LogP contribution is -1.97. The number of benzene rings is 2. The molecule has 0 saturated carbocycles. The number of nitrogens with one attached hydrogen (secondary N) is 2. The molecule has 0 amide bonds. The van der Waals surface area contributed by atoms with Crippen molar-refractivity contribution in [1.82, 2.24) is 15.0 Å². The number of H-pyrrole nitrogens is 1. The summed E-state index contributed by atoms with van der Waals surface area (Å²) in [5.74, 6) is 0.682. The standard InChI is InChI=1S/C19H17ClN4O.ClH/c1-3-25-17-7-4-12(9-13(17)20)24-16-8-11(2)23-14-5-6-15-19(18(14)16)22-10-21-15;/h4-10,23-24H,3H2,1-2H3;1H. The molecular weight excluding hydrogens is 371 g/mol. The zero-order chi connectivity index (χ0) is 17.4. The van der Waals surface area contributed by atoms with Crippen LogP contribution in [-0.2, 0) is 0 Å². The summed E-state index contributed by atoms with van der Waals surface area (Å²) < 4.78 is 5.50. The van der Waals surface area contributed by atoms with E-state index in [1.165, 1.54) is 0 Å². The molecule has 0 spiro atoms. The Balaban J connectivity index is 0.00000196. The maximum absolute atomic E-state index is 6.31. The van der Waals surface area contributed by atoms with Crippen molar-refractivity contribution in [2.24, 2.45) is 0 Å². The van der Waals surface area contributed by atoms with Gasteiger partial charge in [0.05, 0.1) is 22.8 Å². The van der Waals surface area contributed by atoms with Gasteiger partial charge in [-0.05, 0) is 50.2 Å². The molecule has 0 fully saturated rings. The molecule has 2 aromatic carbocycles. The molecule has 0 aliphatic rings. The van der Waals surface area contributed by atoms with E-state index in [0.29, 0.717) is 17.4 Å². The van der Waals surface area contributed by atoms with Gasteiger partial charge in [-0.25, -0.2) is 9.97 Å². The van der Waals surface area contributed by atoms with Gasteiger partial charge >= 0.3 is 0 Å². The molecule has 0 atom stereocenters. The highest BCUT2D eigenvalue weighted by Gasteiger charge is 2.11. The van der Waals surface area contributed by atoms with E-state index in [4.69, 9.17) is 16.3 Å². The van der Waals surface area contributed by atoms with E-state index in [1.54, 1.807) is 6.33 Å². The maximum atomic E-state index is 6.31. The molecule has 0 radical (unpaired) electrons.